The molecule has 1 aromatic carbocycles. The second kappa shape index (κ2) is 6.91. The highest BCUT2D eigenvalue weighted by atomic mass is 32.3. The smallest absolute Gasteiger partial charge is 0.302 e. The molecule has 0 radical (unpaired) electrons. The lowest BCUT2D eigenvalue weighted by atomic mass is 10.1. The molecule has 6 nitrogen and oxygen atoms in total. The van der Waals surface area contributed by atoms with E-state index in [4.69, 9.17) is 0 Å². The first-order valence-electron chi connectivity index (χ1n) is 7.02. The summed E-state index contributed by atoms with van der Waals surface area (Å²) in [4.78, 5) is 25.1. The van der Waals surface area contributed by atoms with Crippen molar-refractivity contribution in [2.24, 2.45) is 5.92 Å². The van der Waals surface area contributed by atoms with E-state index in [-0.39, 0.29) is 24.8 Å². The van der Waals surface area contributed by atoms with Crippen molar-refractivity contribution in [1.82, 2.24) is 5.32 Å². The van der Waals surface area contributed by atoms with E-state index in [1.807, 2.05) is 0 Å². The summed E-state index contributed by atoms with van der Waals surface area (Å²) in [6, 6.07) is 6.35. The molecule has 1 fully saturated rings. The molecule has 124 valence electrons. The van der Waals surface area contributed by atoms with E-state index in [0.29, 0.717) is 17.8 Å². The lowest BCUT2D eigenvalue weighted by molar-refractivity contribution is -0.117. The van der Waals surface area contributed by atoms with Crippen LogP contribution in [-0.2, 0) is 15.0 Å². The summed E-state index contributed by atoms with van der Waals surface area (Å²) < 4.78 is 34.1. The van der Waals surface area contributed by atoms with Gasteiger partial charge in [0.15, 0.2) is 0 Å². The van der Waals surface area contributed by atoms with Gasteiger partial charge in [0.25, 0.3) is 5.91 Å². The predicted octanol–water partition coefficient (Wildman–Crippen LogP) is 1.25. The highest BCUT2D eigenvalue weighted by molar-refractivity contribution is 7.86. The van der Waals surface area contributed by atoms with Crippen LogP contribution in [0.25, 0.3) is 0 Å². The molecule has 0 aromatic heterocycles. The number of carbonyl (C=O) groups is 2. The van der Waals surface area contributed by atoms with Crippen molar-refractivity contribution in [3.63, 3.8) is 0 Å². The van der Waals surface area contributed by atoms with Crippen LogP contribution in [0.15, 0.2) is 36.9 Å². The van der Waals surface area contributed by atoms with Crippen LogP contribution in [-0.4, -0.2) is 39.1 Å². The number of hydrogen-bond acceptors (Lipinski definition) is 4. The van der Waals surface area contributed by atoms with Crippen LogP contribution in [0.3, 0.4) is 0 Å². The molecule has 1 heterocycles. The number of hydrogen-bond donors (Lipinski definition) is 1. The van der Waals surface area contributed by atoms with Crippen molar-refractivity contribution in [1.29, 1.82) is 0 Å². The number of benzene rings is 1. The number of nitrogens with zero attached hydrogens (tertiary/aromatic N) is 1. The topological polar surface area (TPSA) is 83.6 Å². The van der Waals surface area contributed by atoms with E-state index in [0.717, 1.165) is 0 Å². The summed E-state index contributed by atoms with van der Waals surface area (Å²) in [7, 11) is -4.60. The zero-order valence-corrected chi connectivity index (χ0v) is 13.2. The molecule has 0 spiro atoms. The zero-order chi connectivity index (χ0) is 17.0. The van der Waals surface area contributed by atoms with Gasteiger partial charge in [0.1, 0.15) is 0 Å². The first-order valence-corrected chi connectivity index (χ1v) is 8.57. The third kappa shape index (κ3) is 4.62. The van der Waals surface area contributed by atoms with Gasteiger partial charge in [-0.2, -0.15) is 8.42 Å². The summed E-state index contributed by atoms with van der Waals surface area (Å²) in [5.41, 5.74) is 0.985. The van der Waals surface area contributed by atoms with Crippen molar-refractivity contribution < 1.29 is 21.9 Å². The second-order valence-electron chi connectivity index (χ2n) is 5.33. The fourth-order valence-electron chi connectivity index (χ4n) is 2.48. The Morgan fingerprint density at radius 2 is 2.04 bits per heavy atom. The van der Waals surface area contributed by atoms with Crippen LogP contribution in [0.2, 0.25) is 0 Å². The largest absolute Gasteiger partial charge is 0.349 e. The Bertz CT molecular complexity index is 715. The highest BCUT2D eigenvalue weighted by Gasteiger charge is 2.33. The van der Waals surface area contributed by atoms with Gasteiger partial charge in [0.2, 0.25) is 5.91 Å². The summed E-state index contributed by atoms with van der Waals surface area (Å²) in [6.07, 6.45) is 1.55. The molecule has 1 aromatic rings. The fraction of sp³-hybridized carbons (Fsp3) is 0.333. The van der Waals surface area contributed by atoms with Crippen molar-refractivity contribution >= 4 is 27.7 Å². The molecule has 1 atom stereocenters. The number of halogens is 1. The van der Waals surface area contributed by atoms with E-state index in [1.165, 1.54) is 4.90 Å². The van der Waals surface area contributed by atoms with Gasteiger partial charge in [-0.3, -0.25) is 9.59 Å². The normalized spacial score (nSPS) is 18.0. The van der Waals surface area contributed by atoms with E-state index >= 15 is 0 Å². The van der Waals surface area contributed by atoms with Gasteiger partial charge in [-0.1, -0.05) is 6.08 Å². The van der Waals surface area contributed by atoms with Gasteiger partial charge in [-0.05, 0) is 24.3 Å². The number of amides is 2. The predicted molar refractivity (Wildman–Crippen MR) is 84.3 cm³/mol. The maximum absolute atomic E-state index is 12.7. The van der Waals surface area contributed by atoms with Gasteiger partial charge >= 0.3 is 10.2 Å². The van der Waals surface area contributed by atoms with E-state index in [2.05, 4.69) is 11.9 Å². The van der Waals surface area contributed by atoms with Crippen molar-refractivity contribution in [2.45, 2.75) is 6.42 Å². The molecule has 8 heteroatoms. The van der Waals surface area contributed by atoms with Gasteiger partial charge in [0.05, 0.1) is 5.75 Å². The lowest BCUT2D eigenvalue weighted by Crippen LogP contribution is -2.26. The Kier molecular flexibility index (Phi) is 5.15. The number of anilines is 1. The highest BCUT2D eigenvalue weighted by Crippen LogP contribution is 2.26. The molecule has 0 aliphatic carbocycles. The molecule has 1 N–H and O–H groups in total. The van der Waals surface area contributed by atoms with Crippen LogP contribution >= 0.6 is 0 Å². The minimum absolute atomic E-state index is 0.00920. The number of rotatable bonds is 6. The molecular formula is C15H17FN2O4S. The van der Waals surface area contributed by atoms with Gasteiger partial charge in [0, 0.05) is 36.7 Å². The maximum Gasteiger partial charge on any atom is 0.302 e. The Balaban J connectivity index is 2.06. The molecule has 1 aliphatic rings. The Labute approximate surface area is 134 Å². The molecule has 1 aliphatic heterocycles. The third-order valence-electron chi connectivity index (χ3n) is 3.49. The lowest BCUT2D eigenvalue weighted by Gasteiger charge is -2.16. The number of nitrogens with one attached hydrogen (secondary N) is 1. The number of carbonyl (C=O) groups excluding carboxylic acids is 2. The third-order valence-corrected chi connectivity index (χ3v) is 4.36. The fourth-order valence-corrected chi connectivity index (χ4v) is 3.27. The molecule has 2 rings (SSSR count). The Morgan fingerprint density at radius 3 is 2.61 bits per heavy atom. The molecule has 0 saturated carbocycles. The van der Waals surface area contributed by atoms with Crippen molar-refractivity contribution in [2.75, 3.05) is 23.7 Å². The monoisotopic (exact) mass is 340 g/mol. The molecule has 2 amide bonds. The van der Waals surface area contributed by atoms with Crippen LogP contribution in [0.1, 0.15) is 16.8 Å². The summed E-state index contributed by atoms with van der Waals surface area (Å²) in [5.74, 6) is -1.74. The first kappa shape index (κ1) is 17.1. The van der Waals surface area contributed by atoms with Crippen LogP contribution in [0.4, 0.5) is 9.57 Å². The summed E-state index contributed by atoms with van der Waals surface area (Å²) in [6.45, 7) is 4.00. The van der Waals surface area contributed by atoms with Gasteiger partial charge < -0.3 is 10.2 Å². The standard InChI is InChI=1S/C15H17FN2O4S/c1-2-7-17-15(20)12-3-5-13(6-4-12)18-9-11(8-14(18)19)10-23(16,21)22/h2-6,11H,1,7-10H2,(H,17,20). The van der Waals surface area contributed by atoms with E-state index in [1.54, 1.807) is 30.3 Å². The average molecular weight is 340 g/mol. The molecule has 23 heavy (non-hydrogen) atoms. The maximum atomic E-state index is 12.7. The average Bonchev–Trinajstić information content (AvgIpc) is 2.83. The van der Waals surface area contributed by atoms with Gasteiger partial charge in [-0.15, -0.1) is 10.5 Å². The van der Waals surface area contributed by atoms with Crippen LogP contribution in [0, 0.1) is 5.92 Å². The first-order chi connectivity index (χ1) is 10.8. The molecule has 1 unspecified atom stereocenters. The minimum atomic E-state index is -4.60. The quantitative estimate of drug-likeness (QED) is 0.624. The SMILES string of the molecule is C=CCNC(=O)c1ccc(N2CC(CS(=O)(=O)F)CC2=O)cc1. The van der Waals surface area contributed by atoms with Crippen molar-refractivity contribution in [3.05, 3.63) is 42.5 Å². The molecule has 0 bridgehead atoms. The minimum Gasteiger partial charge on any atom is -0.349 e. The Morgan fingerprint density at radius 1 is 1.39 bits per heavy atom. The van der Waals surface area contributed by atoms with E-state index < -0.39 is 21.9 Å². The summed E-state index contributed by atoms with van der Waals surface area (Å²) in [5, 5.41) is 2.63. The molecular weight excluding hydrogens is 323 g/mol. The summed E-state index contributed by atoms with van der Waals surface area (Å²) >= 11 is 0. The van der Waals surface area contributed by atoms with E-state index in [9.17, 15) is 21.9 Å². The van der Waals surface area contributed by atoms with Crippen molar-refractivity contribution in [3.8, 4) is 0 Å². The zero-order valence-electron chi connectivity index (χ0n) is 12.4. The van der Waals surface area contributed by atoms with Crippen LogP contribution in [0.5, 0.6) is 0 Å². The van der Waals surface area contributed by atoms with Gasteiger partial charge in [-0.25, -0.2) is 0 Å². The van der Waals surface area contributed by atoms with Crippen LogP contribution < -0.4 is 10.2 Å². The Hall–Kier alpha value is -2.22. The second-order valence-corrected chi connectivity index (χ2v) is 6.74. The molecule has 1 saturated heterocycles.